The summed E-state index contributed by atoms with van der Waals surface area (Å²) in [4.78, 5) is 20.7. The standard InChI is InChI=1S/C16H14ClN3O3S.ClH/c17-10-2-3-13(23-5-1-4-21)12(6-10)20-16(22)11-8-24-14-7-18-9-19-15(11)14;/h2-3,6-9,21H,1,4-5H2,(H,20,22);1H. The topological polar surface area (TPSA) is 84.3 Å². The Labute approximate surface area is 159 Å². The zero-order valence-corrected chi connectivity index (χ0v) is 15.3. The Bertz CT molecular complexity index is 873. The summed E-state index contributed by atoms with van der Waals surface area (Å²) in [5.41, 5.74) is 1.55. The van der Waals surface area contributed by atoms with Gasteiger partial charge in [-0.1, -0.05) is 11.6 Å². The van der Waals surface area contributed by atoms with Gasteiger partial charge in [0.25, 0.3) is 5.91 Å². The van der Waals surface area contributed by atoms with Gasteiger partial charge in [-0.2, -0.15) is 0 Å². The Morgan fingerprint density at radius 3 is 3.04 bits per heavy atom. The van der Waals surface area contributed by atoms with Gasteiger partial charge in [-0.05, 0) is 18.2 Å². The van der Waals surface area contributed by atoms with Crippen LogP contribution < -0.4 is 10.1 Å². The molecule has 3 aromatic rings. The number of nitrogens with zero attached hydrogens (tertiary/aromatic N) is 2. The van der Waals surface area contributed by atoms with Crippen LogP contribution in [-0.4, -0.2) is 34.2 Å². The molecule has 0 saturated carbocycles. The molecule has 2 aromatic heterocycles. The molecule has 2 heterocycles. The lowest BCUT2D eigenvalue weighted by Crippen LogP contribution is -2.13. The first-order valence-corrected chi connectivity index (χ1v) is 8.46. The maximum atomic E-state index is 12.6. The number of nitrogens with one attached hydrogen (secondary N) is 1. The fraction of sp³-hybridized carbons (Fsp3) is 0.188. The van der Waals surface area contributed by atoms with Crippen molar-refractivity contribution in [3.05, 3.63) is 46.7 Å². The lowest BCUT2D eigenvalue weighted by Gasteiger charge is -2.12. The molecular weight excluding hydrogens is 385 g/mol. The van der Waals surface area contributed by atoms with Gasteiger partial charge in [0, 0.05) is 29.6 Å². The number of aromatic nitrogens is 2. The van der Waals surface area contributed by atoms with Crippen molar-refractivity contribution in [3.63, 3.8) is 0 Å². The van der Waals surface area contributed by atoms with E-state index >= 15 is 0 Å². The summed E-state index contributed by atoms with van der Waals surface area (Å²) in [5, 5.41) is 13.9. The van der Waals surface area contributed by atoms with Crippen molar-refractivity contribution in [1.29, 1.82) is 0 Å². The smallest absolute Gasteiger partial charge is 0.258 e. The van der Waals surface area contributed by atoms with Gasteiger partial charge in [-0.15, -0.1) is 23.7 Å². The lowest BCUT2D eigenvalue weighted by atomic mass is 10.2. The molecule has 2 N–H and O–H groups in total. The normalized spacial score (nSPS) is 10.3. The van der Waals surface area contributed by atoms with Gasteiger partial charge in [0.05, 0.1) is 28.1 Å². The van der Waals surface area contributed by atoms with Crippen LogP contribution in [0.2, 0.25) is 5.02 Å². The van der Waals surface area contributed by atoms with Crippen LogP contribution in [-0.2, 0) is 0 Å². The highest BCUT2D eigenvalue weighted by molar-refractivity contribution is 7.17. The molecule has 0 aliphatic heterocycles. The minimum Gasteiger partial charge on any atom is -0.491 e. The summed E-state index contributed by atoms with van der Waals surface area (Å²) in [5.74, 6) is 0.199. The number of thiophene rings is 1. The van der Waals surface area contributed by atoms with Crippen molar-refractivity contribution in [2.45, 2.75) is 6.42 Å². The number of carbonyl (C=O) groups excluding carboxylic acids is 1. The second-order valence-electron chi connectivity index (χ2n) is 4.91. The second kappa shape index (κ2) is 8.96. The summed E-state index contributed by atoms with van der Waals surface area (Å²) < 4.78 is 6.42. The average Bonchev–Trinajstić information content (AvgIpc) is 3.01. The van der Waals surface area contributed by atoms with Crippen LogP contribution in [0.25, 0.3) is 10.2 Å². The van der Waals surface area contributed by atoms with E-state index in [1.165, 1.54) is 17.7 Å². The summed E-state index contributed by atoms with van der Waals surface area (Å²) in [6, 6.07) is 4.99. The Kier molecular flexibility index (Phi) is 6.95. The quantitative estimate of drug-likeness (QED) is 0.616. The zero-order chi connectivity index (χ0) is 16.9. The maximum Gasteiger partial charge on any atom is 0.258 e. The molecule has 9 heteroatoms. The van der Waals surface area contributed by atoms with Gasteiger partial charge in [-0.25, -0.2) is 9.97 Å². The van der Waals surface area contributed by atoms with Gasteiger partial charge in [-0.3, -0.25) is 4.79 Å². The van der Waals surface area contributed by atoms with E-state index in [4.69, 9.17) is 21.4 Å². The Morgan fingerprint density at radius 1 is 1.40 bits per heavy atom. The highest BCUT2D eigenvalue weighted by Crippen LogP contribution is 2.30. The van der Waals surface area contributed by atoms with Gasteiger partial charge in [0.15, 0.2) is 0 Å². The molecule has 132 valence electrons. The number of fused-ring (bicyclic) bond motifs is 1. The van der Waals surface area contributed by atoms with Crippen LogP contribution >= 0.6 is 35.3 Å². The van der Waals surface area contributed by atoms with Gasteiger partial charge in [0.1, 0.15) is 12.1 Å². The highest BCUT2D eigenvalue weighted by atomic mass is 35.5. The predicted molar refractivity (Wildman–Crippen MR) is 101 cm³/mol. The van der Waals surface area contributed by atoms with E-state index in [-0.39, 0.29) is 24.9 Å². The summed E-state index contributed by atoms with van der Waals surface area (Å²) >= 11 is 7.42. The molecule has 25 heavy (non-hydrogen) atoms. The summed E-state index contributed by atoms with van der Waals surface area (Å²) in [7, 11) is 0. The number of aliphatic hydroxyl groups excluding tert-OH is 1. The molecule has 0 aliphatic rings. The third-order valence-corrected chi connectivity index (χ3v) is 4.37. The molecule has 0 fully saturated rings. The number of anilines is 1. The van der Waals surface area contributed by atoms with E-state index < -0.39 is 0 Å². The molecule has 0 atom stereocenters. The fourth-order valence-corrected chi connectivity index (χ4v) is 3.14. The maximum absolute atomic E-state index is 12.6. The van der Waals surface area contributed by atoms with Gasteiger partial charge < -0.3 is 15.2 Å². The number of halogens is 2. The number of benzene rings is 1. The van der Waals surface area contributed by atoms with E-state index in [1.54, 1.807) is 29.8 Å². The summed E-state index contributed by atoms with van der Waals surface area (Å²) in [6.45, 7) is 0.380. The average molecular weight is 400 g/mol. The van der Waals surface area contributed by atoms with Crippen molar-refractivity contribution in [2.75, 3.05) is 18.5 Å². The van der Waals surface area contributed by atoms with Crippen molar-refractivity contribution >= 4 is 57.2 Å². The molecule has 0 spiro atoms. The Morgan fingerprint density at radius 2 is 2.24 bits per heavy atom. The van der Waals surface area contributed by atoms with E-state index in [0.717, 1.165) is 4.70 Å². The molecular formula is C16H15Cl2N3O3S. The fourth-order valence-electron chi connectivity index (χ4n) is 2.11. The van der Waals surface area contributed by atoms with E-state index in [2.05, 4.69) is 15.3 Å². The number of ether oxygens (including phenoxy) is 1. The minimum atomic E-state index is -0.297. The molecule has 1 amide bonds. The van der Waals surface area contributed by atoms with Gasteiger partial charge >= 0.3 is 0 Å². The van der Waals surface area contributed by atoms with Crippen LogP contribution in [0.4, 0.5) is 5.69 Å². The molecule has 0 saturated heterocycles. The molecule has 1 aromatic carbocycles. The summed E-state index contributed by atoms with van der Waals surface area (Å²) in [6.07, 6.45) is 3.59. The second-order valence-corrected chi connectivity index (χ2v) is 6.25. The van der Waals surface area contributed by atoms with Crippen molar-refractivity contribution in [1.82, 2.24) is 9.97 Å². The molecule has 6 nitrogen and oxygen atoms in total. The number of amides is 1. The molecule has 0 unspecified atom stereocenters. The molecule has 0 radical (unpaired) electrons. The zero-order valence-electron chi connectivity index (χ0n) is 12.9. The predicted octanol–water partition coefficient (Wildman–Crippen LogP) is 3.78. The van der Waals surface area contributed by atoms with Crippen LogP contribution in [0.15, 0.2) is 36.1 Å². The molecule has 0 aliphatic carbocycles. The van der Waals surface area contributed by atoms with Crippen molar-refractivity contribution in [3.8, 4) is 5.75 Å². The number of aliphatic hydroxyl groups is 1. The Balaban J connectivity index is 0.00000225. The van der Waals surface area contributed by atoms with Crippen LogP contribution in [0.5, 0.6) is 5.75 Å². The highest BCUT2D eigenvalue weighted by Gasteiger charge is 2.16. The number of hydrogen-bond acceptors (Lipinski definition) is 6. The first-order valence-electron chi connectivity index (χ1n) is 7.21. The number of hydrogen-bond donors (Lipinski definition) is 2. The van der Waals surface area contributed by atoms with Crippen LogP contribution in [0, 0.1) is 0 Å². The molecule has 0 bridgehead atoms. The monoisotopic (exact) mass is 399 g/mol. The van der Waals surface area contributed by atoms with Crippen molar-refractivity contribution < 1.29 is 14.6 Å². The largest absolute Gasteiger partial charge is 0.491 e. The lowest BCUT2D eigenvalue weighted by molar-refractivity contribution is 0.102. The third-order valence-electron chi connectivity index (χ3n) is 3.23. The van der Waals surface area contributed by atoms with E-state index in [0.29, 0.717) is 40.6 Å². The van der Waals surface area contributed by atoms with Gasteiger partial charge in [0.2, 0.25) is 0 Å². The molecule has 3 rings (SSSR count). The first-order chi connectivity index (χ1) is 11.7. The van der Waals surface area contributed by atoms with Crippen molar-refractivity contribution in [2.24, 2.45) is 0 Å². The minimum absolute atomic E-state index is 0. The van der Waals surface area contributed by atoms with Crippen LogP contribution in [0.3, 0.4) is 0 Å². The third kappa shape index (κ3) is 4.58. The van der Waals surface area contributed by atoms with E-state index in [1.807, 2.05) is 0 Å². The Hall–Kier alpha value is -1.93. The number of rotatable bonds is 6. The van der Waals surface area contributed by atoms with E-state index in [9.17, 15) is 4.79 Å². The first kappa shape index (κ1) is 19.4. The number of carbonyl (C=O) groups is 1. The van der Waals surface area contributed by atoms with Crippen LogP contribution in [0.1, 0.15) is 16.8 Å². The SMILES string of the molecule is Cl.O=C(Nc1cc(Cl)ccc1OCCCO)c1csc2cncnc12.